The average Bonchev–Trinajstić information content (AvgIpc) is 3.16. The van der Waals surface area contributed by atoms with Gasteiger partial charge in [0.1, 0.15) is 5.75 Å². The highest BCUT2D eigenvalue weighted by Crippen LogP contribution is 2.33. The number of hydrogen-bond donors (Lipinski definition) is 0. The highest BCUT2D eigenvalue weighted by molar-refractivity contribution is 7.90. The lowest BCUT2D eigenvalue weighted by Gasteiger charge is -2.22. The van der Waals surface area contributed by atoms with Crippen molar-refractivity contribution in [2.24, 2.45) is 0 Å². The van der Waals surface area contributed by atoms with Crippen molar-refractivity contribution in [1.29, 1.82) is 0 Å². The van der Waals surface area contributed by atoms with Gasteiger partial charge in [-0.25, -0.2) is 8.42 Å². The molecule has 2 heterocycles. The van der Waals surface area contributed by atoms with Crippen molar-refractivity contribution in [3.8, 4) is 5.75 Å². The third-order valence-electron chi connectivity index (χ3n) is 5.90. The van der Waals surface area contributed by atoms with Crippen LogP contribution in [-0.2, 0) is 27.7 Å². The lowest BCUT2D eigenvalue weighted by molar-refractivity contribution is 0.0745. The lowest BCUT2D eigenvalue weighted by atomic mass is 9.90. The van der Waals surface area contributed by atoms with Gasteiger partial charge in [0.05, 0.1) is 16.6 Å². The first-order chi connectivity index (χ1) is 14.7. The van der Waals surface area contributed by atoms with E-state index in [1.807, 2.05) is 13.8 Å². The maximum Gasteiger partial charge on any atom is 0.258 e. The highest BCUT2D eigenvalue weighted by atomic mass is 32.2. The van der Waals surface area contributed by atoms with Crippen LogP contribution in [0.1, 0.15) is 59.7 Å². The number of rotatable bonds is 5. The van der Waals surface area contributed by atoms with Crippen LogP contribution in [0.4, 0.5) is 0 Å². The Hall–Kier alpha value is -2.38. The first kappa shape index (κ1) is 21.8. The van der Waals surface area contributed by atoms with E-state index < -0.39 is 9.84 Å². The molecule has 0 atom stereocenters. The van der Waals surface area contributed by atoms with E-state index in [0.717, 1.165) is 43.4 Å². The van der Waals surface area contributed by atoms with E-state index in [9.17, 15) is 13.2 Å². The van der Waals surface area contributed by atoms with E-state index in [-0.39, 0.29) is 22.5 Å². The van der Waals surface area contributed by atoms with Gasteiger partial charge in [-0.05, 0) is 67.5 Å². The predicted molar refractivity (Wildman–Crippen MR) is 118 cm³/mol. The number of fused-ring (bicyclic) bond motifs is 1. The molecule has 2 aromatic rings. The molecule has 7 heteroatoms. The second-order valence-electron chi connectivity index (χ2n) is 8.67. The van der Waals surface area contributed by atoms with E-state index in [1.54, 1.807) is 11.0 Å². The van der Waals surface area contributed by atoms with Gasteiger partial charge in [0.2, 0.25) is 0 Å². The predicted octanol–water partition coefficient (Wildman–Crippen LogP) is 3.93. The Morgan fingerprint density at radius 1 is 1.06 bits per heavy atom. The third-order valence-corrected chi connectivity index (χ3v) is 7.02. The zero-order chi connectivity index (χ0) is 22.2. The Morgan fingerprint density at radius 2 is 1.77 bits per heavy atom. The van der Waals surface area contributed by atoms with Gasteiger partial charge in [-0.1, -0.05) is 18.2 Å². The molecule has 1 saturated heterocycles. The molecule has 0 radical (unpaired) electrons. The normalized spacial score (nSPS) is 17.1. The van der Waals surface area contributed by atoms with Crippen molar-refractivity contribution in [2.75, 3.05) is 19.5 Å². The molecule has 0 unspecified atom stereocenters. The van der Waals surface area contributed by atoms with Gasteiger partial charge < -0.3 is 14.4 Å². The second-order valence-corrected chi connectivity index (χ2v) is 10.7. The van der Waals surface area contributed by atoms with Crippen molar-refractivity contribution in [1.82, 2.24) is 4.90 Å². The summed E-state index contributed by atoms with van der Waals surface area (Å²) in [5.74, 6) is 0.692. The fraction of sp³-hybridized carbons (Fsp3) is 0.458. The van der Waals surface area contributed by atoms with Crippen LogP contribution in [0, 0.1) is 0 Å². The fourth-order valence-electron chi connectivity index (χ4n) is 4.28. The number of carbonyl (C=O) groups excluding carboxylic acids is 1. The standard InChI is InChI=1S/C24H29NO5S/c1-16(2)30-23-7-6-21(31(3,27)28)13-22(23)24(26)25-14-19-5-4-18(12-20(19)15-25)17-8-10-29-11-9-17/h4-7,12-13,16-17H,8-11,14-15H2,1-3H3/i3-1. The number of benzene rings is 2. The second kappa shape index (κ2) is 8.63. The zero-order valence-electron chi connectivity index (χ0n) is 18.3. The Labute approximate surface area is 184 Å². The largest absolute Gasteiger partial charge is 0.490 e. The van der Waals surface area contributed by atoms with Crippen LogP contribution in [0.5, 0.6) is 5.75 Å². The van der Waals surface area contributed by atoms with Gasteiger partial charge >= 0.3 is 0 Å². The fourth-order valence-corrected chi connectivity index (χ4v) is 4.92. The smallest absolute Gasteiger partial charge is 0.258 e. The summed E-state index contributed by atoms with van der Waals surface area (Å²) in [6.45, 7) is 6.36. The number of sulfone groups is 1. The lowest BCUT2D eigenvalue weighted by Crippen LogP contribution is -2.26. The van der Waals surface area contributed by atoms with Crippen LogP contribution in [0.2, 0.25) is 0 Å². The van der Waals surface area contributed by atoms with Crippen molar-refractivity contribution >= 4 is 15.7 Å². The minimum Gasteiger partial charge on any atom is -0.490 e. The molecule has 4 rings (SSSR count). The molecule has 0 spiro atoms. The Kier molecular flexibility index (Phi) is 6.08. The van der Waals surface area contributed by atoms with Crippen molar-refractivity contribution in [3.63, 3.8) is 0 Å². The first-order valence-electron chi connectivity index (χ1n) is 10.7. The van der Waals surface area contributed by atoms with Crippen molar-refractivity contribution in [2.45, 2.75) is 56.7 Å². The molecule has 0 aromatic heterocycles. The van der Waals surface area contributed by atoms with E-state index in [4.69, 9.17) is 9.47 Å². The third kappa shape index (κ3) is 4.77. The molecule has 6 nitrogen and oxygen atoms in total. The molecule has 0 aliphatic carbocycles. The molecule has 31 heavy (non-hydrogen) atoms. The first-order valence-corrected chi connectivity index (χ1v) is 12.6. The molecule has 0 bridgehead atoms. The molecular weight excluding hydrogens is 413 g/mol. The SMILES string of the molecule is CC(C)Oc1ccc(S([11CH3])(=O)=O)cc1C(=O)N1Cc2ccc(C3CCOCC3)cc2C1. The number of amides is 1. The monoisotopic (exact) mass is 442 g/mol. The van der Waals surface area contributed by atoms with Crippen LogP contribution >= 0.6 is 0 Å². The van der Waals surface area contributed by atoms with Crippen molar-refractivity contribution in [3.05, 3.63) is 58.7 Å². The zero-order valence-corrected chi connectivity index (χ0v) is 19.1. The van der Waals surface area contributed by atoms with E-state index in [2.05, 4.69) is 18.2 Å². The molecule has 2 aliphatic heterocycles. The maximum absolute atomic E-state index is 13.4. The molecule has 2 aromatic carbocycles. The quantitative estimate of drug-likeness (QED) is 0.702. The van der Waals surface area contributed by atoms with Gasteiger partial charge in [-0.3, -0.25) is 4.79 Å². The summed E-state index contributed by atoms with van der Waals surface area (Å²) in [5.41, 5.74) is 3.88. The number of carbonyl (C=O) groups is 1. The van der Waals surface area contributed by atoms with Crippen LogP contribution in [0.25, 0.3) is 0 Å². The van der Waals surface area contributed by atoms with Gasteiger partial charge in [-0.2, -0.15) is 0 Å². The Balaban J connectivity index is 1.60. The highest BCUT2D eigenvalue weighted by Gasteiger charge is 2.28. The van der Waals surface area contributed by atoms with E-state index >= 15 is 0 Å². The summed E-state index contributed by atoms with van der Waals surface area (Å²) in [7, 11) is -3.44. The van der Waals surface area contributed by atoms with Crippen LogP contribution in [0.15, 0.2) is 41.3 Å². The summed E-state index contributed by atoms with van der Waals surface area (Å²) in [6.07, 6.45) is 3.06. The van der Waals surface area contributed by atoms with Crippen LogP contribution < -0.4 is 4.74 Å². The molecule has 166 valence electrons. The number of ether oxygens (including phenoxy) is 2. The Bertz CT molecular complexity index is 1090. The van der Waals surface area contributed by atoms with E-state index in [0.29, 0.717) is 24.8 Å². The van der Waals surface area contributed by atoms with Gasteiger partial charge in [0, 0.05) is 32.6 Å². The molecule has 1 fully saturated rings. The summed E-state index contributed by atoms with van der Waals surface area (Å²) < 4.78 is 35.4. The minimum absolute atomic E-state index is 0.116. The topological polar surface area (TPSA) is 72.9 Å². The summed E-state index contributed by atoms with van der Waals surface area (Å²) >= 11 is 0. The van der Waals surface area contributed by atoms with Gasteiger partial charge in [0.15, 0.2) is 9.84 Å². The minimum atomic E-state index is -3.44. The van der Waals surface area contributed by atoms with Gasteiger partial charge in [0.25, 0.3) is 5.91 Å². The summed E-state index contributed by atoms with van der Waals surface area (Å²) in [6, 6.07) is 11.0. The average molecular weight is 443 g/mol. The molecule has 0 N–H and O–H groups in total. The number of nitrogens with zero attached hydrogens (tertiary/aromatic N) is 1. The summed E-state index contributed by atoms with van der Waals surface area (Å²) in [4.78, 5) is 15.3. The molecular formula is C24H29NO5S. The van der Waals surface area contributed by atoms with Crippen LogP contribution in [0.3, 0.4) is 0 Å². The van der Waals surface area contributed by atoms with Gasteiger partial charge in [-0.15, -0.1) is 0 Å². The number of hydrogen-bond acceptors (Lipinski definition) is 5. The Morgan fingerprint density at radius 3 is 2.45 bits per heavy atom. The molecule has 0 saturated carbocycles. The molecule has 1 amide bonds. The maximum atomic E-state index is 13.4. The van der Waals surface area contributed by atoms with Crippen LogP contribution in [-0.4, -0.2) is 44.8 Å². The van der Waals surface area contributed by atoms with Crippen molar-refractivity contribution < 1.29 is 22.7 Å². The molecule has 2 aliphatic rings. The summed E-state index contributed by atoms with van der Waals surface area (Å²) in [5, 5.41) is 0. The van der Waals surface area contributed by atoms with E-state index in [1.165, 1.54) is 17.7 Å².